The van der Waals surface area contributed by atoms with Crippen molar-refractivity contribution in [2.24, 2.45) is 0 Å². The van der Waals surface area contributed by atoms with Crippen molar-refractivity contribution >= 4 is 11.8 Å². The Hall–Kier alpha value is -2.42. The van der Waals surface area contributed by atoms with Crippen molar-refractivity contribution in [1.82, 2.24) is 15.0 Å². The lowest BCUT2D eigenvalue weighted by molar-refractivity contribution is -0.141. The molecule has 0 aliphatic heterocycles. The molecule has 4 nitrogen and oxygen atoms in total. The predicted molar refractivity (Wildman–Crippen MR) is 78.5 cm³/mol. The van der Waals surface area contributed by atoms with Crippen molar-refractivity contribution in [3.05, 3.63) is 60.0 Å². The van der Waals surface area contributed by atoms with Crippen molar-refractivity contribution < 1.29 is 22.0 Å². The molecule has 24 heavy (non-hydrogen) atoms. The molecule has 2 aromatic heterocycles. The molecule has 0 saturated carbocycles. The molecule has 124 valence electrons. The molecule has 0 fully saturated rings. The third-order valence-corrected chi connectivity index (χ3v) is 3.81. The summed E-state index contributed by atoms with van der Waals surface area (Å²) in [7, 11) is 0. The fourth-order valence-corrected chi connectivity index (χ4v) is 2.51. The Balaban J connectivity index is 1.69. The standard InChI is InChI=1S/C15H9F4N3OS/c16-10-3-1-9(2-4-10)13-21-11(7-23-13)8-24-14-20-6-5-12(22-14)15(17,18)19/h1-7H,8H2. The molecule has 3 aromatic rings. The Bertz CT molecular complexity index is 833. The van der Waals surface area contributed by atoms with Crippen LogP contribution < -0.4 is 0 Å². The molecule has 0 aliphatic rings. The molecule has 9 heteroatoms. The minimum absolute atomic E-state index is 0.00356. The summed E-state index contributed by atoms with van der Waals surface area (Å²) >= 11 is 1.01. The maximum atomic E-state index is 12.9. The topological polar surface area (TPSA) is 51.8 Å². The summed E-state index contributed by atoms with van der Waals surface area (Å²) in [5, 5.41) is -0.00356. The van der Waals surface area contributed by atoms with Crippen LogP contribution >= 0.6 is 11.8 Å². The van der Waals surface area contributed by atoms with E-state index in [4.69, 9.17) is 4.42 Å². The molecule has 0 unspecified atom stereocenters. The Labute approximate surface area is 138 Å². The van der Waals surface area contributed by atoms with Crippen molar-refractivity contribution in [3.63, 3.8) is 0 Å². The van der Waals surface area contributed by atoms with Gasteiger partial charge in [0.05, 0.1) is 5.69 Å². The zero-order valence-electron chi connectivity index (χ0n) is 11.9. The van der Waals surface area contributed by atoms with E-state index < -0.39 is 11.9 Å². The molecule has 3 rings (SSSR count). The molecule has 0 spiro atoms. The number of hydrogen-bond donors (Lipinski definition) is 0. The van der Waals surface area contributed by atoms with Gasteiger partial charge in [-0.05, 0) is 30.3 Å². The van der Waals surface area contributed by atoms with Gasteiger partial charge in [0.25, 0.3) is 0 Å². The highest BCUT2D eigenvalue weighted by atomic mass is 32.2. The summed E-state index contributed by atoms with van der Waals surface area (Å²) in [6.07, 6.45) is -2.06. The fraction of sp³-hybridized carbons (Fsp3) is 0.133. The number of rotatable bonds is 4. The van der Waals surface area contributed by atoms with Crippen LogP contribution in [0.4, 0.5) is 17.6 Å². The second-order valence-electron chi connectivity index (χ2n) is 4.66. The monoisotopic (exact) mass is 355 g/mol. The molecule has 0 bridgehead atoms. The summed E-state index contributed by atoms with van der Waals surface area (Å²) in [5.41, 5.74) is 0.121. The number of hydrogen-bond acceptors (Lipinski definition) is 5. The van der Waals surface area contributed by atoms with Crippen molar-refractivity contribution in [2.75, 3.05) is 0 Å². The number of alkyl halides is 3. The van der Waals surface area contributed by atoms with E-state index in [0.29, 0.717) is 17.1 Å². The first-order valence-electron chi connectivity index (χ1n) is 6.65. The van der Waals surface area contributed by atoms with Gasteiger partial charge < -0.3 is 4.42 Å². The van der Waals surface area contributed by atoms with Crippen LogP contribution in [0, 0.1) is 5.82 Å². The van der Waals surface area contributed by atoms with E-state index in [1.807, 2.05) is 0 Å². The Morgan fingerprint density at radius 1 is 1.04 bits per heavy atom. The van der Waals surface area contributed by atoms with Crippen LogP contribution in [0.3, 0.4) is 0 Å². The molecule has 0 amide bonds. The van der Waals surface area contributed by atoms with E-state index in [2.05, 4.69) is 15.0 Å². The smallest absolute Gasteiger partial charge is 0.433 e. The van der Waals surface area contributed by atoms with E-state index in [1.54, 1.807) is 0 Å². The summed E-state index contributed by atoms with van der Waals surface area (Å²) in [6.45, 7) is 0. The Morgan fingerprint density at radius 2 is 1.79 bits per heavy atom. The Kier molecular flexibility index (Phi) is 4.52. The number of thioether (sulfide) groups is 1. The normalized spacial score (nSPS) is 11.7. The minimum Gasteiger partial charge on any atom is -0.444 e. The van der Waals surface area contributed by atoms with Gasteiger partial charge in [-0.1, -0.05) is 11.8 Å². The van der Waals surface area contributed by atoms with Crippen LogP contribution in [0.5, 0.6) is 0 Å². The molecule has 0 N–H and O–H groups in total. The maximum Gasteiger partial charge on any atom is 0.433 e. The lowest BCUT2D eigenvalue weighted by Gasteiger charge is -2.05. The van der Waals surface area contributed by atoms with Gasteiger partial charge in [0, 0.05) is 17.5 Å². The first-order chi connectivity index (χ1) is 11.4. The van der Waals surface area contributed by atoms with Crippen LogP contribution in [0.2, 0.25) is 0 Å². The molecule has 0 aliphatic carbocycles. The summed E-state index contributed by atoms with van der Waals surface area (Å²) < 4.78 is 56.0. The SMILES string of the molecule is Fc1ccc(-c2nc(CSc3nccc(C(F)(F)F)n3)co2)cc1. The van der Waals surface area contributed by atoms with Gasteiger partial charge in [-0.15, -0.1) is 0 Å². The van der Waals surface area contributed by atoms with Crippen LogP contribution in [-0.4, -0.2) is 15.0 Å². The summed E-state index contributed by atoms with van der Waals surface area (Å²) in [6, 6.07) is 6.42. The highest BCUT2D eigenvalue weighted by Crippen LogP contribution is 2.29. The first-order valence-corrected chi connectivity index (χ1v) is 7.64. The van der Waals surface area contributed by atoms with Gasteiger partial charge in [-0.2, -0.15) is 13.2 Å². The maximum absolute atomic E-state index is 12.9. The van der Waals surface area contributed by atoms with Crippen molar-refractivity contribution in [2.45, 2.75) is 17.1 Å². The molecular weight excluding hydrogens is 346 g/mol. The molecule has 0 atom stereocenters. The van der Waals surface area contributed by atoms with Gasteiger partial charge in [0.15, 0.2) is 5.16 Å². The van der Waals surface area contributed by atoms with Gasteiger partial charge in [0.2, 0.25) is 5.89 Å². The predicted octanol–water partition coefficient (Wildman–Crippen LogP) is 4.58. The lowest BCUT2D eigenvalue weighted by Crippen LogP contribution is -2.08. The van der Waals surface area contributed by atoms with E-state index in [1.165, 1.54) is 30.5 Å². The lowest BCUT2D eigenvalue weighted by atomic mass is 10.2. The third kappa shape index (κ3) is 3.91. The zero-order chi connectivity index (χ0) is 17.2. The van der Waals surface area contributed by atoms with Crippen LogP contribution in [0.1, 0.15) is 11.4 Å². The van der Waals surface area contributed by atoms with E-state index in [9.17, 15) is 17.6 Å². The fourth-order valence-electron chi connectivity index (χ4n) is 1.81. The zero-order valence-corrected chi connectivity index (χ0v) is 12.7. The molecule has 2 heterocycles. The number of halogens is 4. The highest BCUT2D eigenvalue weighted by Gasteiger charge is 2.32. The van der Waals surface area contributed by atoms with Crippen molar-refractivity contribution in [3.8, 4) is 11.5 Å². The van der Waals surface area contributed by atoms with E-state index in [0.717, 1.165) is 24.0 Å². The average Bonchev–Trinajstić information content (AvgIpc) is 3.02. The quantitative estimate of drug-likeness (QED) is 0.389. The van der Waals surface area contributed by atoms with Gasteiger partial charge in [-0.25, -0.2) is 19.3 Å². The second-order valence-corrected chi connectivity index (χ2v) is 5.60. The number of benzene rings is 1. The van der Waals surface area contributed by atoms with Crippen LogP contribution in [0.15, 0.2) is 52.4 Å². The second kappa shape index (κ2) is 6.60. The van der Waals surface area contributed by atoms with Crippen molar-refractivity contribution in [1.29, 1.82) is 0 Å². The highest BCUT2D eigenvalue weighted by molar-refractivity contribution is 7.98. The van der Waals surface area contributed by atoms with Crippen LogP contribution in [0.25, 0.3) is 11.5 Å². The van der Waals surface area contributed by atoms with E-state index in [-0.39, 0.29) is 16.7 Å². The summed E-state index contributed by atoms with van der Waals surface area (Å²) in [4.78, 5) is 11.5. The Morgan fingerprint density at radius 3 is 2.50 bits per heavy atom. The number of nitrogens with zero attached hydrogens (tertiary/aromatic N) is 3. The van der Waals surface area contributed by atoms with Crippen LogP contribution in [-0.2, 0) is 11.9 Å². The number of aromatic nitrogens is 3. The van der Waals surface area contributed by atoms with Gasteiger partial charge in [-0.3, -0.25) is 0 Å². The molecular formula is C15H9F4N3OS. The van der Waals surface area contributed by atoms with E-state index >= 15 is 0 Å². The van der Waals surface area contributed by atoms with Gasteiger partial charge in [0.1, 0.15) is 17.8 Å². The van der Waals surface area contributed by atoms with Gasteiger partial charge >= 0.3 is 6.18 Å². The molecule has 1 aromatic carbocycles. The summed E-state index contributed by atoms with van der Waals surface area (Å²) in [5.74, 6) is 0.171. The number of oxazole rings is 1. The molecule has 0 radical (unpaired) electrons. The largest absolute Gasteiger partial charge is 0.444 e. The minimum atomic E-state index is -4.51. The average molecular weight is 355 g/mol. The third-order valence-electron chi connectivity index (χ3n) is 2.92. The first kappa shape index (κ1) is 16.4. The molecule has 0 saturated heterocycles.